The van der Waals surface area contributed by atoms with E-state index in [1.165, 1.54) is 11.1 Å². The van der Waals surface area contributed by atoms with Gasteiger partial charge in [0, 0.05) is 11.6 Å². The summed E-state index contributed by atoms with van der Waals surface area (Å²) < 4.78 is 0. The lowest BCUT2D eigenvalue weighted by atomic mass is 9.95. The van der Waals surface area contributed by atoms with E-state index in [4.69, 9.17) is 23.2 Å². The molecule has 0 saturated carbocycles. The van der Waals surface area contributed by atoms with E-state index in [1.54, 1.807) is 18.2 Å². The first-order valence-corrected chi connectivity index (χ1v) is 7.45. The number of carbonyl (C=O) groups excluding carboxylic acids is 1. The second-order valence-electron chi connectivity index (χ2n) is 5.02. The molecule has 3 nitrogen and oxygen atoms in total. The first kappa shape index (κ1) is 14.4. The molecule has 0 aliphatic carbocycles. The van der Waals surface area contributed by atoms with Crippen LogP contribution in [-0.2, 0) is 17.8 Å². The van der Waals surface area contributed by atoms with Crippen LogP contribution in [0.4, 0.5) is 5.69 Å². The summed E-state index contributed by atoms with van der Waals surface area (Å²) >= 11 is 12.0. The Kier molecular flexibility index (Phi) is 4.15. The van der Waals surface area contributed by atoms with Crippen LogP contribution in [0, 0.1) is 0 Å². The Bertz CT molecular complexity index is 688. The Morgan fingerprint density at radius 2 is 1.90 bits per heavy atom. The number of fused-ring (bicyclic) bond motifs is 1. The summed E-state index contributed by atoms with van der Waals surface area (Å²) in [5, 5.41) is 7.09. The SMILES string of the molecule is O=C(Nc1cc(Cl)ccc1Cl)C1Cc2ccccc2CN1. The normalized spacial score (nSPS) is 17.1. The molecule has 0 aromatic heterocycles. The fourth-order valence-electron chi connectivity index (χ4n) is 2.45. The van der Waals surface area contributed by atoms with Crippen molar-refractivity contribution in [3.05, 3.63) is 63.6 Å². The van der Waals surface area contributed by atoms with Crippen molar-refractivity contribution < 1.29 is 4.79 Å². The maximum atomic E-state index is 12.4. The van der Waals surface area contributed by atoms with E-state index in [1.807, 2.05) is 12.1 Å². The summed E-state index contributed by atoms with van der Waals surface area (Å²) in [6, 6.07) is 12.9. The van der Waals surface area contributed by atoms with Gasteiger partial charge in [-0.05, 0) is 35.7 Å². The van der Waals surface area contributed by atoms with Gasteiger partial charge in [-0.15, -0.1) is 0 Å². The third kappa shape index (κ3) is 3.21. The Hall–Kier alpha value is -1.55. The number of nitrogens with one attached hydrogen (secondary N) is 2. The first-order chi connectivity index (χ1) is 10.1. The minimum absolute atomic E-state index is 0.103. The molecule has 21 heavy (non-hydrogen) atoms. The highest BCUT2D eigenvalue weighted by Crippen LogP contribution is 2.26. The number of amides is 1. The van der Waals surface area contributed by atoms with E-state index >= 15 is 0 Å². The highest BCUT2D eigenvalue weighted by atomic mass is 35.5. The molecular weight excluding hydrogens is 307 g/mol. The van der Waals surface area contributed by atoms with Gasteiger partial charge in [0.25, 0.3) is 0 Å². The quantitative estimate of drug-likeness (QED) is 0.886. The van der Waals surface area contributed by atoms with Gasteiger partial charge >= 0.3 is 0 Å². The molecule has 1 unspecified atom stereocenters. The summed E-state index contributed by atoms with van der Waals surface area (Å²) in [6.45, 7) is 0.692. The molecule has 108 valence electrons. The van der Waals surface area contributed by atoms with Crippen molar-refractivity contribution in [2.75, 3.05) is 5.32 Å². The van der Waals surface area contributed by atoms with Crippen molar-refractivity contribution in [1.82, 2.24) is 5.32 Å². The van der Waals surface area contributed by atoms with Crippen LogP contribution in [0.2, 0.25) is 10.0 Å². The predicted molar refractivity (Wildman–Crippen MR) is 85.9 cm³/mol. The van der Waals surface area contributed by atoms with Gasteiger partial charge in [0.1, 0.15) is 0 Å². The fraction of sp³-hybridized carbons (Fsp3) is 0.188. The van der Waals surface area contributed by atoms with Crippen LogP contribution in [0.15, 0.2) is 42.5 Å². The molecule has 3 rings (SSSR count). The van der Waals surface area contributed by atoms with Gasteiger partial charge in [-0.2, -0.15) is 0 Å². The van der Waals surface area contributed by atoms with E-state index < -0.39 is 0 Å². The van der Waals surface area contributed by atoms with E-state index in [0.717, 1.165) is 0 Å². The third-order valence-electron chi connectivity index (χ3n) is 3.58. The zero-order valence-electron chi connectivity index (χ0n) is 11.2. The van der Waals surface area contributed by atoms with Crippen LogP contribution in [-0.4, -0.2) is 11.9 Å². The van der Waals surface area contributed by atoms with Crippen molar-refractivity contribution in [2.45, 2.75) is 19.0 Å². The molecule has 0 fully saturated rings. The second kappa shape index (κ2) is 6.06. The summed E-state index contributed by atoms with van der Waals surface area (Å²) in [4.78, 5) is 12.4. The molecule has 1 aliphatic rings. The largest absolute Gasteiger partial charge is 0.323 e. The molecule has 2 aromatic carbocycles. The average molecular weight is 321 g/mol. The molecular formula is C16H14Cl2N2O. The number of carbonyl (C=O) groups is 1. The van der Waals surface area contributed by atoms with Crippen LogP contribution in [0.3, 0.4) is 0 Å². The van der Waals surface area contributed by atoms with E-state index in [-0.39, 0.29) is 11.9 Å². The van der Waals surface area contributed by atoms with Crippen molar-refractivity contribution in [3.63, 3.8) is 0 Å². The summed E-state index contributed by atoms with van der Waals surface area (Å²) in [6.07, 6.45) is 0.667. The standard InChI is InChI=1S/C16H14Cl2N2O/c17-12-5-6-13(18)14(8-12)20-16(21)15-7-10-3-1-2-4-11(10)9-19-15/h1-6,8,15,19H,7,9H2,(H,20,21). The van der Waals surface area contributed by atoms with E-state index in [2.05, 4.69) is 22.8 Å². The molecule has 5 heteroatoms. The Labute approximate surface area is 133 Å². The Balaban J connectivity index is 1.74. The Morgan fingerprint density at radius 1 is 1.14 bits per heavy atom. The van der Waals surface area contributed by atoms with Gasteiger partial charge < -0.3 is 10.6 Å². The molecule has 0 bridgehead atoms. The van der Waals surface area contributed by atoms with Crippen LogP contribution in [0.25, 0.3) is 0 Å². The van der Waals surface area contributed by atoms with Crippen LogP contribution in [0.1, 0.15) is 11.1 Å². The van der Waals surface area contributed by atoms with Gasteiger partial charge in [0.05, 0.1) is 16.8 Å². The predicted octanol–water partition coefficient (Wildman–Crippen LogP) is 3.65. The molecule has 1 atom stereocenters. The lowest BCUT2D eigenvalue weighted by Crippen LogP contribution is -2.44. The monoisotopic (exact) mass is 320 g/mol. The number of anilines is 1. The van der Waals surface area contributed by atoms with Crippen molar-refractivity contribution >= 4 is 34.8 Å². The molecule has 1 amide bonds. The molecule has 2 aromatic rings. The highest BCUT2D eigenvalue weighted by Gasteiger charge is 2.24. The number of benzene rings is 2. The molecule has 1 aliphatic heterocycles. The molecule has 0 radical (unpaired) electrons. The highest BCUT2D eigenvalue weighted by molar-refractivity contribution is 6.35. The van der Waals surface area contributed by atoms with Gasteiger partial charge in [-0.3, -0.25) is 4.79 Å². The summed E-state index contributed by atoms with van der Waals surface area (Å²) in [5.41, 5.74) is 2.98. The van der Waals surface area contributed by atoms with Crippen molar-refractivity contribution in [3.8, 4) is 0 Å². The summed E-state index contributed by atoms with van der Waals surface area (Å²) in [5.74, 6) is -0.103. The fourth-order valence-corrected chi connectivity index (χ4v) is 2.79. The third-order valence-corrected chi connectivity index (χ3v) is 4.15. The van der Waals surface area contributed by atoms with E-state index in [9.17, 15) is 4.79 Å². The van der Waals surface area contributed by atoms with Crippen LogP contribution >= 0.6 is 23.2 Å². The zero-order valence-corrected chi connectivity index (χ0v) is 12.7. The van der Waals surface area contributed by atoms with Crippen LogP contribution < -0.4 is 10.6 Å². The minimum Gasteiger partial charge on any atom is -0.323 e. The van der Waals surface area contributed by atoms with Gasteiger partial charge in [0.15, 0.2) is 0 Å². The van der Waals surface area contributed by atoms with Crippen molar-refractivity contribution in [1.29, 1.82) is 0 Å². The lowest BCUT2D eigenvalue weighted by molar-refractivity contribution is -0.118. The van der Waals surface area contributed by atoms with Gasteiger partial charge in [-0.25, -0.2) is 0 Å². The number of rotatable bonds is 2. The number of halogens is 2. The molecule has 1 heterocycles. The molecule has 2 N–H and O–H groups in total. The topological polar surface area (TPSA) is 41.1 Å². The number of hydrogen-bond donors (Lipinski definition) is 2. The lowest BCUT2D eigenvalue weighted by Gasteiger charge is -2.25. The second-order valence-corrected chi connectivity index (χ2v) is 5.86. The smallest absolute Gasteiger partial charge is 0.241 e. The maximum absolute atomic E-state index is 12.4. The van der Waals surface area contributed by atoms with E-state index in [0.29, 0.717) is 28.7 Å². The molecule has 0 spiro atoms. The first-order valence-electron chi connectivity index (χ1n) is 6.69. The zero-order chi connectivity index (χ0) is 14.8. The summed E-state index contributed by atoms with van der Waals surface area (Å²) in [7, 11) is 0. The van der Waals surface area contributed by atoms with Crippen LogP contribution in [0.5, 0.6) is 0 Å². The average Bonchev–Trinajstić information content (AvgIpc) is 2.50. The Morgan fingerprint density at radius 3 is 2.71 bits per heavy atom. The minimum atomic E-state index is -0.269. The van der Waals surface area contributed by atoms with Crippen molar-refractivity contribution in [2.24, 2.45) is 0 Å². The van der Waals surface area contributed by atoms with Gasteiger partial charge in [-0.1, -0.05) is 47.5 Å². The number of hydrogen-bond acceptors (Lipinski definition) is 2. The molecule has 0 saturated heterocycles. The van der Waals surface area contributed by atoms with Gasteiger partial charge in [0.2, 0.25) is 5.91 Å². The maximum Gasteiger partial charge on any atom is 0.241 e.